The largest absolute Gasteiger partial charge is 0.396 e. The van der Waals surface area contributed by atoms with Gasteiger partial charge in [-0.1, -0.05) is 122 Å². The second-order valence-corrected chi connectivity index (χ2v) is 11.3. The summed E-state index contributed by atoms with van der Waals surface area (Å²) >= 11 is 0. The number of carbonyl (C=O) groups is 1. The third-order valence-corrected chi connectivity index (χ3v) is 8.54. The number of nitrogens with zero attached hydrogens (tertiary/aromatic N) is 2. The average molecular weight is 596 g/mol. The number of fused-ring (bicyclic) bond motifs is 1. The Morgan fingerprint density at radius 1 is 0.822 bits per heavy atom. The summed E-state index contributed by atoms with van der Waals surface area (Å²) in [6.07, 6.45) is 4.05. The Hall–Kier alpha value is -5.04. The van der Waals surface area contributed by atoms with Crippen molar-refractivity contribution in [3.63, 3.8) is 0 Å². The minimum Gasteiger partial charge on any atom is -0.396 e. The van der Waals surface area contributed by atoms with Crippen LogP contribution in [-0.2, 0) is 10.4 Å². The van der Waals surface area contributed by atoms with Crippen molar-refractivity contribution in [2.75, 3.05) is 13.2 Å². The first-order valence-corrected chi connectivity index (χ1v) is 15.3. The number of rotatable bonds is 11. The third kappa shape index (κ3) is 5.78. The molecule has 1 heterocycles. The van der Waals surface area contributed by atoms with E-state index in [1.54, 1.807) is 6.07 Å². The van der Waals surface area contributed by atoms with Crippen LogP contribution in [0.5, 0.6) is 0 Å². The highest BCUT2D eigenvalue weighted by Crippen LogP contribution is 2.42. The van der Waals surface area contributed by atoms with Crippen molar-refractivity contribution < 1.29 is 14.7 Å². The second-order valence-electron chi connectivity index (χ2n) is 11.3. The van der Waals surface area contributed by atoms with E-state index in [0.717, 1.165) is 38.7 Å². The minimum atomic E-state index is -0.677. The number of aliphatic hydroxyl groups is 1. The molecule has 6 nitrogen and oxygen atoms in total. The van der Waals surface area contributed by atoms with Crippen LogP contribution in [0.25, 0.3) is 10.8 Å². The molecule has 5 aromatic carbocycles. The van der Waals surface area contributed by atoms with E-state index < -0.39 is 5.54 Å². The van der Waals surface area contributed by atoms with Crippen LogP contribution in [0.15, 0.2) is 140 Å². The van der Waals surface area contributed by atoms with Gasteiger partial charge in [-0.25, -0.2) is 10.5 Å². The SMILES string of the molecule is CCONC(=O)c1ccc2cc(C(c3cn(C(c4ccccc4)(c4ccccc4)c4ccccc4)cn3)C(C)CO)ccc2c1. The first-order chi connectivity index (χ1) is 22.1. The van der Waals surface area contributed by atoms with Crippen LogP contribution in [-0.4, -0.2) is 33.8 Å². The first-order valence-electron chi connectivity index (χ1n) is 15.3. The van der Waals surface area contributed by atoms with Gasteiger partial charge in [0, 0.05) is 24.3 Å². The predicted molar refractivity (Wildman–Crippen MR) is 178 cm³/mol. The van der Waals surface area contributed by atoms with Gasteiger partial charge >= 0.3 is 0 Å². The van der Waals surface area contributed by atoms with Crippen molar-refractivity contribution in [3.8, 4) is 0 Å². The van der Waals surface area contributed by atoms with Crippen molar-refractivity contribution in [1.29, 1.82) is 0 Å². The molecule has 2 unspecified atom stereocenters. The number of hydrogen-bond donors (Lipinski definition) is 2. The molecule has 6 aromatic rings. The van der Waals surface area contributed by atoms with Crippen molar-refractivity contribution in [2.45, 2.75) is 25.3 Å². The number of imidazole rings is 1. The van der Waals surface area contributed by atoms with Crippen LogP contribution < -0.4 is 5.48 Å². The van der Waals surface area contributed by atoms with Crippen molar-refractivity contribution in [2.24, 2.45) is 5.92 Å². The van der Waals surface area contributed by atoms with Gasteiger partial charge in [0.15, 0.2) is 0 Å². The molecule has 0 saturated heterocycles. The average Bonchev–Trinajstić information content (AvgIpc) is 3.58. The fourth-order valence-corrected chi connectivity index (χ4v) is 6.36. The van der Waals surface area contributed by atoms with Gasteiger partial charge in [-0.05, 0) is 58.0 Å². The maximum atomic E-state index is 12.5. The lowest BCUT2D eigenvalue weighted by molar-refractivity contribution is 0.0364. The lowest BCUT2D eigenvalue weighted by Gasteiger charge is -2.37. The van der Waals surface area contributed by atoms with Gasteiger partial charge in [-0.2, -0.15) is 0 Å². The predicted octanol–water partition coefficient (Wildman–Crippen LogP) is 7.32. The fraction of sp³-hybridized carbons (Fsp3) is 0.179. The summed E-state index contributed by atoms with van der Waals surface area (Å²) in [6.45, 7) is 4.27. The van der Waals surface area contributed by atoms with Crippen LogP contribution in [0.4, 0.5) is 0 Å². The molecule has 2 N–H and O–H groups in total. The highest BCUT2D eigenvalue weighted by molar-refractivity contribution is 5.98. The molecular weight excluding hydrogens is 558 g/mol. The molecule has 45 heavy (non-hydrogen) atoms. The van der Waals surface area contributed by atoms with Crippen molar-refractivity contribution >= 4 is 16.7 Å². The summed E-state index contributed by atoms with van der Waals surface area (Å²) in [5.41, 5.74) is 7.59. The maximum absolute atomic E-state index is 12.5. The monoisotopic (exact) mass is 595 g/mol. The quantitative estimate of drug-likeness (QED) is 0.122. The molecular formula is C39H37N3O3. The van der Waals surface area contributed by atoms with E-state index in [1.807, 2.05) is 56.6 Å². The van der Waals surface area contributed by atoms with E-state index in [2.05, 4.69) is 101 Å². The molecule has 0 radical (unpaired) electrons. The summed E-state index contributed by atoms with van der Waals surface area (Å²) in [6, 6.07) is 43.4. The Kier molecular flexibility index (Phi) is 8.87. The van der Waals surface area contributed by atoms with E-state index in [0.29, 0.717) is 12.2 Å². The summed E-state index contributed by atoms with van der Waals surface area (Å²) in [5.74, 6) is -0.540. The van der Waals surface area contributed by atoms with E-state index in [4.69, 9.17) is 9.82 Å². The lowest BCUT2D eigenvalue weighted by atomic mass is 9.76. The fourth-order valence-electron chi connectivity index (χ4n) is 6.36. The standard InChI is InChI=1S/C39H37N3O3/c1-3-45-41-38(44)32-22-20-29-23-31(21-19-30(29)24-32)37(28(2)26-43)36-25-42(27-40-36)39(33-13-7-4-8-14-33,34-15-9-5-10-16-34)35-17-11-6-12-18-35/h4-25,27-28,37,43H,3,26H2,1-2H3,(H,41,44). The number of benzene rings is 5. The molecule has 1 amide bonds. The highest BCUT2D eigenvalue weighted by Gasteiger charge is 2.39. The van der Waals surface area contributed by atoms with Gasteiger partial charge in [-0.15, -0.1) is 0 Å². The van der Waals surface area contributed by atoms with Gasteiger partial charge in [0.25, 0.3) is 5.91 Å². The summed E-state index contributed by atoms with van der Waals surface area (Å²) in [7, 11) is 0. The Bertz CT molecular complexity index is 1770. The number of aromatic nitrogens is 2. The zero-order chi connectivity index (χ0) is 31.2. The summed E-state index contributed by atoms with van der Waals surface area (Å²) in [4.78, 5) is 22.6. The minimum absolute atomic E-state index is 0.00724. The maximum Gasteiger partial charge on any atom is 0.274 e. The Morgan fingerprint density at radius 3 is 1.93 bits per heavy atom. The molecule has 0 aliphatic heterocycles. The van der Waals surface area contributed by atoms with E-state index in [9.17, 15) is 9.90 Å². The van der Waals surface area contributed by atoms with Crippen LogP contribution in [0.2, 0.25) is 0 Å². The number of amides is 1. The lowest BCUT2D eigenvalue weighted by Crippen LogP contribution is -2.37. The number of hydrogen-bond acceptors (Lipinski definition) is 4. The molecule has 6 heteroatoms. The number of nitrogens with one attached hydrogen (secondary N) is 1. The van der Waals surface area contributed by atoms with Crippen molar-refractivity contribution in [1.82, 2.24) is 15.0 Å². The van der Waals surface area contributed by atoms with Crippen LogP contribution in [0.3, 0.4) is 0 Å². The molecule has 0 bridgehead atoms. The van der Waals surface area contributed by atoms with Gasteiger partial charge in [0.1, 0.15) is 5.54 Å². The molecule has 226 valence electrons. The number of carbonyl (C=O) groups excluding carboxylic acids is 1. The summed E-state index contributed by atoms with van der Waals surface area (Å²) < 4.78 is 2.21. The normalized spacial score (nSPS) is 13.0. The topological polar surface area (TPSA) is 76.4 Å². The number of aliphatic hydroxyl groups excluding tert-OH is 1. The number of hydroxylamine groups is 1. The van der Waals surface area contributed by atoms with Gasteiger partial charge in [0.05, 0.1) is 18.6 Å². The van der Waals surface area contributed by atoms with E-state index >= 15 is 0 Å². The van der Waals surface area contributed by atoms with Crippen molar-refractivity contribution in [3.05, 3.63) is 173 Å². The Morgan fingerprint density at radius 2 is 1.38 bits per heavy atom. The molecule has 0 aliphatic carbocycles. The summed E-state index contributed by atoms with van der Waals surface area (Å²) in [5, 5.41) is 12.4. The van der Waals surface area contributed by atoms with Gasteiger partial charge in [-0.3, -0.25) is 9.63 Å². The van der Waals surface area contributed by atoms with Crippen LogP contribution >= 0.6 is 0 Å². The highest BCUT2D eigenvalue weighted by atomic mass is 16.6. The zero-order valence-electron chi connectivity index (χ0n) is 25.5. The van der Waals surface area contributed by atoms with Crippen LogP contribution in [0, 0.1) is 5.92 Å². The Labute approximate surface area is 263 Å². The van der Waals surface area contributed by atoms with Crippen LogP contribution in [0.1, 0.15) is 58.1 Å². The molecule has 0 saturated carbocycles. The first kappa shape index (κ1) is 30.0. The second kappa shape index (κ2) is 13.3. The molecule has 6 rings (SSSR count). The Balaban J connectivity index is 1.48. The molecule has 2 atom stereocenters. The van der Waals surface area contributed by atoms with E-state index in [-0.39, 0.29) is 24.3 Å². The molecule has 0 aliphatic rings. The molecule has 0 spiro atoms. The third-order valence-electron chi connectivity index (χ3n) is 8.54. The molecule has 0 fully saturated rings. The molecule has 1 aromatic heterocycles. The zero-order valence-corrected chi connectivity index (χ0v) is 25.5. The van der Waals surface area contributed by atoms with E-state index in [1.165, 1.54) is 0 Å². The van der Waals surface area contributed by atoms with Gasteiger partial charge < -0.3 is 9.67 Å². The van der Waals surface area contributed by atoms with Gasteiger partial charge in [0.2, 0.25) is 0 Å². The smallest absolute Gasteiger partial charge is 0.274 e.